The molecule has 0 radical (unpaired) electrons. The fraction of sp³-hybridized carbons (Fsp3) is 0.500. The summed E-state index contributed by atoms with van der Waals surface area (Å²) in [6, 6.07) is 5.22. The zero-order valence-electron chi connectivity index (χ0n) is 10.6. The lowest BCUT2D eigenvalue weighted by atomic mass is 9.97. The maximum atomic E-state index is 12.0. The summed E-state index contributed by atoms with van der Waals surface area (Å²) in [5, 5.41) is 0.482. The van der Waals surface area contributed by atoms with E-state index >= 15 is 0 Å². The Kier molecular flexibility index (Phi) is 4.25. The van der Waals surface area contributed by atoms with Gasteiger partial charge in [-0.3, -0.25) is 4.79 Å². The summed E-state index contributed by atoms with van der Waals surface area (Å²) in [6.45, 7) is 5.12. The molecule has 0 saturated carbocycles. The molecule has 0 amide bonds. The molecule has 1 aromatic carbocycles. The van der Waals surface area contributed by atoms with Gasteiger partial charge >= 0.3 is 0 Å². The van der Waals surface area contributed by atoms with Crippen LogP contribution in [0.25, 0.3) is 0 Å². The predicted octanol–water partition coefficient (Wildman–Crippen LogP) is 3.35. The van der Waals surface area contributed by atoms with Gasteiger partial charge in [0.2, 0.25) is 0 Å². The average molecular weight is 269 g/mol. The molecule has 1 saturated heterocycles. The lowest BCUT2D eigenvalue weighted by Crippen LogP contribution is -2.38. The number of rotatable bonds is 5. The Bertz CT molecular complexity index is 441. The zero-order chi connectivity index (χ0) is 13.1. The van der Waals surface area contributed by atoms with Crippen LogP contribution >= 0.6 is 11.6 Å². The van der Waals surface area contributed by atoms with Crippen molar-refractivity contribution in [3.05, 3.63) is 28.8 Å². The fourth-order valence-electron chi connectivity index (χ4n) is 1.68. The van der Waals surface area contributed by atoms with Gasteiger partial charge < -0.3 is 9.47 Å². The van der Waals surface area contributed by atoms with Crippen molar-refractivity contribution in [2.45, 2.75) is 26.4 Å². The molecular weight excluding hydrogens is 252 g/mol. The normalized spacial score (nSPS) is 17.1. The number of Topliss-reactive ketones (excluding diaryl/α,β-unsaturated/α-hetero) is 1. The van der Waals surface area contributed by atoms with Crippen LogP contribution in [-0.2, 0) is 4.74 Å². The largest absolute Gasteiger partial charge is 0.484 e. The van der Waals surface area contributed by atoms with Gasteiger partial charge in [0, 0.05) is 11.5 Å². The summed E-state index contributed by atoms with van der Waals surface area (Å²) < 4.78 is 10.7. The Morgan fingerprint density at radius 2 is 2.28 bits per heavy atom. The van der Waals surface area contributed by atoms with Crippen LogP contribution in [0.1, 0.15) is 30.6 Å². The first-order chi connectivity index (χ1) is 8.61. The molecule has 0 aliphatic carbocycles. The maximum absolute atomic E-state index is 12.0. The van der Waals surface area contributed by atoms with Gasteiger partial charge in [-0.25, -0.2) is 0 Å². The quantitative estimate of drug-likeness (QED) is 0.769. The van der Waals surface area contributed by atoms with Crippen molar-refractivity contribution in [2.75, 3.05) is 13.2 Å². The van der Waals surface area contributed by atoms with E-state index in [4.69, 9.17) is 21.1 Å². The van der Waals surface area contributed by atoms with Gasteiger partial charge in [-0.1, -0.05) is 25.4 Å². The van der Waals surface area contributed by atoms with Crippen molar-refractivity contribution < 1.29 is 14.3 Å². The number of halogens is 1. The summed E-state index contributed by atoms with van der Waals surface area (Å²) in [5.74, 6) is 0.761. The lowest BCUT2D eigenvalue weighted by molar-refractivity contribution is -0.0796. The topological polar surface area (TPSA) is 35.5 Å². The van der Waals surface area contributed by atoms with Crippen LogP contribution in [0.15, 0.2) is 18.2 Å². The molecule has 0 bridgehead atoms. The lowest BCUT2D eigenvalue weighted by Gasteiger charge is -2.27. The molecule has 3 nitrogen and oxygen atoms in total. The minimum Gasteiger partial charge on any atom is -0.484 e. The highest BCUT2D eigenvalue weighted by atomic mass is 35.5. The van der Waals surface area contributed by atoms with E-state index in [1.54, 1.807) is 18.2 Å². The predicted molar refractivity (Wildman–Crippen MR) is 70.5 cm³/mol. The molecule has 0 N–H and O–H groups in total. The van der Waals surface area contributed by atoms with Gasteiger partial charge in [0.1, 0.15) is 11.9 Å². The van der Waals surface area contributed by atoms with Crippen LogP contribution < -0.4 is 4.74 Å². The Morgan fingerprint density at radius 1 is 1.56 bits per heavy atom. The highest BCUT2D eigenvalue weighted by molar-refractivity contribution is 6.32. The molecule has 0 aromatic heterocycles. The van der Waals surface area contributed by atoms with Gasteiger partial charge in [0.05, 0.1) is 18.2 Å². The summed E-state index contributed by atoms with van der Waals surface area (Å²) in [4.78, 5) is 12.0. The van der Waals surface area contributed by atoms with E-state index in [-0.39, 0.29) is 17.8 Å². The van der Waals surface area contributed by atoms with Gasteiger partial charge in [0.15, 0.2) is 5.78 Å². The molecule has 0 spiro atoms. The van der Waals surface area contributed by atoms with Crippen molar-refractivity contribution in [1.82, 2.24) is 0 Å². The first kappa shape index (κ1) is 13.4. The third kappa shape index (κ3) is 2.85. The molecule has 1 heterocycles. The summed E-state index contributed by atoms with van der Waals surface area (Å²) in [7, 11) is 0. The van der Waals surface area contributed by atoms with Crippen LogP contribution in [0, 0.1) is 5.92 Å². The number of carbonyl (C=O) groups excluding carboxylic acids is 1. The number of ether oxygens (including phenoxy) is 2. The van der Waals surface area contributed by atoms with Crippen molar-refractivity contribution in [3.8, 4) is 5.75 Å². The van der Waals surface area contributed by atoms with E-state index in [0.717, 1.165) is 6.42 Å². The number of ketones is 1. The van der Waals surface area contributed by atoms with E-state index < -0.39 is 0 Å². The number of carbonyl (C=O) groups is 1. The van der Waals surface area contributed by atoms with E-state index in [2.05, 4.69) is 0 Å². The van der Waals surface area contributed by atoms with Crippen LogP contribution in [0.2, 0.25) is 5.02 Å². The Balaban J connectivity index is 2.11. The second-order valence-electron chi connectivity index (χ2n) is 4.60. The van der Waals surface area contributed by atoms with Crippen molar-refractivity contribution in [2.24, 2.45) is 5.92 Å². The van der Waals surface area contributed by atoms with Gasteiger partial charge in [0.25, 0.3) is 0 Å². The molecule has 0 unspecified atom stereocenters. The molecule has 98 valence electrons. The first-order valence-corrected chi connectivity index (χ1v) is 6.57. The highest BCUT2D eigenvalue weighted by Gasteiger charge is 2.22. The van der Waals surface area contributed by atoms with Crippen LogP contribution in [0.4, 0.5) is 0 Å². The van der Waals surface area contributed by atoms with E-state index in [1.807, 2.05) is 13.8 Å². The number of benzene rings is 1. The van der Waals surface area contributed by atoms with Gasteiger partial charge in [-0.05, 0) is 24.6 Å². The summed E-state index contributed by atoms with van der Waals surface area (Å²) in [6.07, 6.45) is 0.910. The SMILES string of the molecule is CC[C@@H](C)C(=O)c1ccc(OC2COC2)c(Cl)c1. The smallest absolute Gasteiger partial charge is 0.165 e. The molecule has 1 aliphatic rings. The molecule has 1 aliphatic heterocycles. The minimum atomic E-state index is 0.0212. The first-order valence-electron chi connectivity index (χ1n) is 6.20. The van der Waals surface area contributed by atoms with E-state index in [1.165, 1.54) is 0 Å². The molecule has 1 aromatic rings. The molecule has 1 fully saturated rings. The Hall–Kier alpha value is -1.06. The fourth-order valence-corrected chi connectivity index (χ4v) is 1.91. The van der Waals surface area contributed by atoms with Crippen LogP contribution in [0.3, 0.4) is 0 Å². The number of hydrogen-bond acceptors (Lipinski definition) is 3. The average Bonchev–Trinajstić information content (AvgIpc) is 2.33. The number of hydrogen-bond donors (Lipinski definition) is 0. The minimum absolute atomic E-state index is 0.0212. The summed E-state index contributed by atoms with van der Waals surface area (Å²) in [5.41, 5.74) is 0.645. The van der Waals surface area contributed by atoms with E-state index in [0.29, 0.717) is 29.5 Å². The second-order valence-corrected chi connectivity index (χ2v) is 5.00. The van der Waals surface area contributed by atoms with Gasteiger partial charge in [-0.15, -0.1) is 0 Å². The molecular formula is C14H17ClO3. The molecule has 18 heavy (non-hydrogen) atoms. The van der Waals surface area contributed by atoms with Crippen molar-refractivity contribution in [3.63, 3.8) is 0 Å². The van der Waals surface area contributed by atoms with E-state index in [9.17, 15) is 4.79 Å². The van der Waals surface area contributed by atoms with Crippen molar-refractivity contribution >= 4 is 17.4 Å². The third-order valence-electron chi connectivity index (χ3n) is 3.18. The highest BCUT2D eigenvalue weighted by Crippen LogP contribution is 2.28. The molecule has 1 atom stereocenters. The molecule has 2 rings (SSSR count). The summed E-state index contributed by atoms with van der Waals surface area (Å²) >= 11 is 6.13. The van der Waals surface area contributed by atoms with Crippen LogP contribution in [-0.4, -0.2) is 25.1 Å². The van der Waals surface area contributed by atoms with Crippen molar-refractivity contribution in [1.29, 1.82) is 0 Å². The van der Waals surface area contributed by atoms with Gasteiger partial charge in [-0.2, -0.15) is 0 Å². The third-order valence-corrected chi connectivity index (χ3v) is 3.47. The standard InChI is InChI=1S/C14H17ClO3/c1-3-9(2)14(16)10-4-5-13(12(15)6-10)18-11-7-17-8-11/h4-6,9,11H,3,7-8H2,1-2H3/t9-/m1/s1. The zero-order valence-corrected chi connectivity index (χ0v) is 11.4. The molecule has 4 heteroatoms. The van der Waals surface area contributed by atoms with Crippen LogP contribution in [0.5, 0.6) is 5.75 Å². The Morgan fingerprint density at radius 3 is 2.78 bits per heavy atom. The Labute approximate surface area is 112 Å². The monoisotopic (exact) mass is 268 g/mol. The second kappa shape index (κ2) is 5.72. The maximum Gasteiger partial charge on any atom is 0.165 e.